The van der Waals surface area contributed by atoms with Gasteiger partial charge in [-0.25, -0.2) is 13.6 Å². The van der Waals surface area contributed by atoms with Crippen LogP contribution in [0, 0.1) is 12.0 Å². The van der Waals surface area contributed by atoms with E-state index < -0.39 is 5.92 Å². The molecule has 1 saturated heterocycles. The molecule has 1 spiro atoms. The average molecular weight is 276 g/mol. The van der Waals surface area contributed by atoms with E-state index >= 15 is 0 Å². The molecule has 0 bridgehead atoms. The van der Waals surface area contributed by atoms with E-state index in [1.54, 1.807) is 12.1 Å². The Balaban J connectivity index is 1.77. The molecule has 1 aliphatic heterocycles. The molecule has 1 saturated carbocycles. The number of halogens is 2. The first-order valence-corrected chi connectivity index (χ1v) is 7.11. The Morgan fingerprint density at radius 3 is 2.50 bits per heavy atom. The van der Waals surface area contributed by atoms with Crippen LogP contribution in [0.2, 0.25) is 0 Å². The first kappa shape index (κ1) is 13.5. The fraction of sp³-hybridized carbons (Fsp3) is 0.562. The van der Waals surface area contributed by atoms with Gasteiger partial charge in [0, 0.05) is 18.9 Å². The van der Waals surface area contributed by atoms with Crippen molar-refractivity contribution < 1.29 is 8.78 Å². The van der Waals surface area contributed by atoms with E-state index in [-0.39, 0.29) is 24.3 Å². The average Bonchev–Trinajstić information content (AvgIpc) is 2.74. The maximum absolute atomic E-state index is 13.5. The van der Waals surface area contributed by atoms with E-state index in [0.29, 0.717) is 12.1 Å². The minimum absolute atomic E-state index is 0.0381. The van der Waals surface area contributed by atoms with E-state index in [0.717, 1.165) is 24.9 Å². The molecule has 2 fully saturated rings. The second-order valence-corrected chi connectivity index (χ2v) is 6.20. The third-order valence-corrected chi connectivity index (χ3v) is 4.76. The number of alkyl halides is 2. The van der Waals surface area contributed by atoms with Gasteiger partial charge in [-0.2, -0.15) is 0 Å². The van der Waals surface area contributed by atoms with Gasteiger partial charge in [-0.05, 0) is 36.8 Å². The Morgan fingerprint density at radius 1 is 1.15 bits per heavy atom. The smallest absolute Gasteiger partial charge is 0.248 e. The number of hydrogen-bond acceptors (Lipinski definition) is 1. The minimum Gasteiger partial charge on any atom is -0.310 e. The van der Waals surface area contributed by atoms with Crippen molar-refractivity contribution >= 4 is 5.69 Å². The van der Waals surface area contributed by atoms with E-state index in [2.05, 4.69) is 10.2 Å². The summed E-state index contributed by atoms with van der Waals surface area (Å²) in [5, 5.41) is 3.43. The third-order valence-electron chi connectivity index (χ3n) is 4.76. The maximum Gasteiger partial charge on any atom is 0.248 e. The molecular weight excluding hydrogens is 258 g/mol. The van der Waals surface area contributed by atoms with E-state index in [4.69, 9.17) is 6.57 Å². The largest absolute Gasteiger partial charge is 0.310 e. The van der Waals surface area contributed by atoms with E-state index in [9.17, 15) is 8.78 Å². The zero-order chi connectivity index (χ0) is 14.2. The van der Waals surface area contributed by atoms with Gasteiger partial charge in [0.1, 0.15) is 0 Å². The maximum atomic E-state index is 13.5. The van der Waals surface area contributed by atoms with E-state index in [1.165, 1.54) is 0 Å². The van der Waals surface area contributed by atoms with Crippen molar-refractivity contribution in [1.82, 2.24) is 5.32 Å². The van der Waals surface area contributed by atoms with Crippen molar-refractivity contribution in [1.29, 1.82) is 0 Å². The van der Waals surface area contributed by atoms with Crippen molar-refractivity contribution in [2.24, 2.45) is 5.41 Å². The Morgan fingerprint density at radius 2 is 1.90 bits per heavy atom. The molecule has 1 N–H and O–H groups in total. The highest BCUT2D eigenvalue weighted by molar-refractivity contribution is 5.46. The molecular formula is C16H18F2N2. The fourth-order valence-electron chi connectivity index (χ4n) is 3.70. The molecule has 0 radical (unpaired) electrons. The molecule has 1 heterocycles. The first-order chi connectivity index (χ1) is 9.52. The van der Waals surface area contributed by atoms with Gasteiger partial charge in [0.15, 0.2) is 5.69 Å². The Kier molecular flexibility index (Phi) is 3.25. The van der Waals surface area contributed by atoms with Crippen molar-refractivity contribution in [2.75, 3.05) is 6.54 Å². The number of rotatable bonds is 1. The summed E-state index contributed by atoms with van der Waals surface area (Å²) in [5.74, 6) is -2.48. The zero-order valence-electron chi connectivity index (χ0n) is 11.3. The molecule has 1 aromatic rings. The topological polar surface area (TPSA) is 16.4 Å². The lowest BCUT2D eigenvalue weighted by molar-refractivity contribution is -0.00991. The van der Waals surface area contributed by atoms with Gasteiger partial charge >= 0.3 is 0 Å². The van der Waals surface area contributed by atoms with Crippen LogP contribution < -0.4 is 5.32 Å². The van der Waals surface area contributed by atoms with Crippen molar-refractivity contribution in [3.8, 4) is 0 Å². The predicted octanol–water partition coefficient (Wildman–Crippen LogP) is 4.47. The molecule has 2 aliphatic rings. The second-order valence-electron chi connectivity index (χ2n) is 6.20. The van der Waals surface area contributed by atoms with Crippen molar-refractivity contribution in [3.63, 3.8) is 0 Å². The van der Waals surface area contributed by atoms with Crippen LogP contribution in [0.15, 0.2) is 24.3 Å². The van der Waals surface area contributed by atoms with Gasteiger partial charge in [0.05, 0.1) is 6.57 Å². The summed E-state index contributed by atoms with van der Waals surface area (Å²) in [6.07, 6.45) is 2.34. The standard InChI is InChI=1S/C16H18F2N2/c1-19-13-4-2-12(3-5-13)14-10-15(8-9-20-14)6-7-16(17,18)11-15/h2-5,14,20H,6-11H2. The van der Waals surface area contributed by atoms with Gasteiger partial charge in [-0.15, -0.1) is 0 Å². The molecule has 0 aromatic heterocycles. The highest BCUT2D eigenvalue weighted by Gasteiger charge is 2.50. The molecule has 1 aromatic carbocycles. The monoisotopic (exact) mass is 276 g/mol. The van der Waals surface area contributed by atoms with Crippen LogP contribution in [-0.2, 0) is 0 Å². The van der Waals surface area contributed by atoms with Crippen LogP contribution in [0.25, 0.3) is 4.85 Å². The number of nitrogens with zero attached hydrogens (tertiary/aromatic N) is 1. The van der Waals surface area contributed by atoms with Crippen LogP contribution in [0.5, 0.6) is 0 Å². The minimum atomic E-state index is -2.48. The van der Waals surface area contributed by atoms with Crippen LogP contribution in [0.1, 0.15) is 43.7 Å². The quantitative estimate of drug-likeness (QED) is 0.749. The lowest BCUT2D eigenvalue weighted by atomic mass is 9.73. The molecule has 2 unspecified atom stereocenters. The normalized spacial score (nSPS) is 32.1. The van der Waals surface area contributed by atoms with Gasteiger partial charge in [0.25, 0.3) is 0 Å². The fourth-order valence-corrected chi connectivity index (χ4v) is 3.70. The van der Waals surface area contributed by atoms with E-state index in [1.807, 2.05) is 12.1 Å². The summed E-state index contributed by atoms with van der Waals surface area (Å²) in [7, 11) is 0. The predicted molar refractivity (Wildman–Crippen MR) is 73.9 cm³/mol. The molecule has 2 atom stereocenters. The number of nitrogens with one attached hydrogen (secondary N) is 1. The van der Waals surface area contributed by atoms with Gasteiger partial charge in [-0.3, -0.25) is 0 Å². The zero-order valence-corrected chi connectivity index (χ0v) is 11.3. The molecule has 4 heteroatoms. The summed E-state index contributed by atoms with van der Waals surface area (Å²) in [6.45, 7) is 7.76. The SMILES string of the molecule is [C-]#[N+]c1ccc(C2CC3(CCN2)CCC(F)(F)C3)cc1. The molecule has 1 aliphatic carbocycles. The number of hydrogen-bond donors (Lipinski definition) is 1. The summed E-state index contributed by atoms with van der Waals surface area (Å²) < 4.78 is 27.1. The summed E-state index contributed by atoms with van der Waals surface area (Å²) in [5.41, 5.74) is 1.52. The molecule has 0 amide bonds. The highest BCUT2D eigenvalue weighted by Crippen LogP contribution is 2.54. The highest BCUT2D eigenvalue weighted by atomic mass is 19.3. The Hall–Kier alpha value is -1.47. The summed E-state index contributed by atoms with van der Waals surface area (Å²) in [4.78, 5) is 3.38. The Bertz CT molecular complexity index is 532. The molecule has 106 valence electrons. The van der Waals surface area contributed by atoms with Gasteiger partial charge in [-0.1, -0.05) is 24.3 Å². The summed E-state index contributed by atoms with van der Waals surface area (Å²) >= 11 is 0. The lowest BCUT2D eigenvalue weighted by Gasteiger charge is -2.39. The van der Waals surface area contributed by atoms with Crippen LogP contribution in [0.3, 0.4) is 0 Å². The molecule has 20 heavy (non-hydrogen) atoms. The van der Waals surface area contributed by atoms with Gasteiger partial charge < -0.3 is 5.32 Å². The molecule has 2 nitrogen and oxygen atoms in total. The van der Waals surface area contributed by atoms with Gasteiger partial charge in [0.2, 0.25) is 5.92 Å². The van der Waals surface area contributed by atoms with Crippen LogP contribution in [0.4, 0.5) is 14.5 Å². The van der Waals surface area contributed by atoms with Crippen molar-refractivity contribution in [2.45, 2.75) is 44.1 Å². The van der Waals surface area contributed by atoms with Crippen LogP contribution in [-0.4, -0.2) is 12.5 Å². The first-order valence-electron chi connectivity index (χ1n) is 7.11. The van der Waals surface area contributed by atoms with Crippen LogP contribution >= 0.6 is 0 Å². The summed E-state index contributed by atoms with van der Waals surface area (Å²) in [6, 6.07) is 7.62. The third kappa shape index (κ3) is 2.55. The number of benzene rings is 1. The molecule has 3 rings (SSSR count). The van der Waals surface area contributed by atoms with Crippen molar-refractivity contribution in [3.05, 3.63) is 41.2 Å². The Labute approximate surface area is 118 Å². The lowest BCUT2D eigenvalue weighted by Crippen LogP contribution is -2.38. The second kappa shape index (κ2) is 4.82. The number of piperidine rings is 1.